The van der Waals surface area contributed by atoms with E-state index in [0.29, 0.717) is 19.4 Å². The maximum Gasteiger partial charge on any atom is 0.339 e. The fourth-order valence-electron chi connectivity index (χ4n) is 5.08. The Labute approximate surface area is 237 Å². The maximum atomic E-state index is 12.1. The first-order valence-electron chi connectivity index (χ1n) is 13.6. The molecule has 2 heterocycles. The monoisotopic (exact) mass is 559 g/mol. The van der Waals surface area contributed by atoms with Gasteiger partial charge in [-0.1, -0.05) is 30.3 Å². The molecule has 5 rings (SSSR count). The SMILES string of the molecule is O=C(O)CCCOc1ccc(-c2sc3ccccc3c2Cc2ccc(OCCN3CCCC3)cc2)cc1C(=O)O. The Hall–Kier alpha value is -3.88. The molecule has 1 aromatic heterocycles. The van der Waals surface area contributed by atoms with E-state index in [-0.39, 0.29) is 24.3 Å². The second-order valence-electron chi connectivity index (χ2n) is 9.99. The number of carbonyl (C=O) groups is 2. The van der Waals surface area contributed by atoms with Gasteiger partial charge in [0.05, 0.1) is 6.61 Å². The van der Waals surface area contributed by atoms with Crippen molar-refractivity contribution in [3.8, 4) is 21.9 Å². The highest BCUT2D eigenvalue weighted by Crippen LogP contribution is 2.41. The zero-order chi connectivity index (χ0) is 27.9. The third-order valence-corrected chi connectivity index (χ3v) is 8.40. The summed E-state index contributed by atoms with van der Waals surface area (Å²) in [5.41, 5.74) is 3.17. The van der Waals surface area contributed by atoms with Crippen molar-refractivity contribution in [2.75, 3.05) is 32.8 Å². The van der Waals surface area contributed by atoms with E-state index in [4.69, 9.17) is 14.6 Å². The second kappa shape index (κ2) is 13.0. The number of hydrogen-bond donors (Lipinski definition) is 2. The van der Waals surface area contributed by atoms with Crippen molar-refractivity contribution in [2.45, 2.75) is 32.1 Å². The number of likely N-dealkylation sites (tertiary alicyclic amines) is 1. The molecule has 1 saturated heterocycles. The van der Waals surface area contributed by atoms with E-state index in [0.717, 1.165) is 57.0 Å². The molecule has 0 spiro atoms. The van der Waals surface area contributed by atoms with Crippen molar-refractivity contribution in [1.29, 1.82) is 0 Å². The molecule has 0 amide bonds. The summed E-state index contributed by atoms with van der Waals surface area (Å²) < 4.78 is 12.8. The van der Waals surface area contributed by atoms with E-state index < -0.39 is 11.9 Å². The molecule has 0 saturated carbocycles. The van der Waals surface area contributed by atoms with Gasteiger partial charge in [0.2, 0.25) is 0 Å². The van der Waals surface area contributed by atoms with Gasteiger partial charge in [0.1, 0.15) is 23.7 Å². The lowest BCUT2D eigenvalue weighted by molar-refractivity contribution is -0.137. The summed E-state index contributed by atoms with van der Waals surface area (Å²) in [4.78, 5) is 26.3. The molecule has 0 radical (unpaired) electrons. The summed E-state index contributed by atoms with van der Waals surface area (Å²) >= 11 is 1.65. The van der Waals surface area contributed by atoms with Crippen LogP contribution in [0.25, 0.3) is 20.5 Å². The van der Waals surface area contributed by atoms with Gasteiger partial charge in [0.25, 0.3) is 0 Å². The molecule has 0 atom stereocenters. The second-order valence-corrected chi connectivity index (χ2v) is 11.0. The number of aromatic carboxylic acids is 1. The van der Waals surface area contributed by atoms with Gasteiger partial charge in [-0.05, 0) is 97.2 Å². The third-order valence-electron chi connectivity index (χ3n) is 7.14. The fourth-order valence-corrected chi connectivity index (χ4v) is 6.30. The average molecular weight is 560 g/mol. The zero-order valence-electron chi connectivity index (χ0n) is 22.3. The number of nitrogens with zero attached hydrogens (tertiary/aromatic N) is 1. The van der Waals surface area contributed by atoms with Crippen molar-refractivity contribution >= 4 is 33.4 Å². The summed E-state index contributed by atoms with van der Waals surface area (Å²) in [5.74, 6) is -0.888. The van der Waals surface area contributed by atoms with Crippen molar-refractivity contribution in [3.05, 3.63) is 83.4 Å². The number of carboxylic acids is 2. The number of thiophene rings is 1. The first-order chi connectivity index (χ1) is 19.5. The summed E-state index contributed by atoms with van der Waals surface area (Å²) in [7, 11) is 0. The van der Waals surface area contributed by atoms with E-state index in [1.54, 1.807) is 23.5 Å². The molecule has 1 aliphatic heterocycles. The van der Waals surface area contributed by atoms with Crippen LogP contribution in [0.5, 0.6) is 11.5 Å². The molecule has 1 aliphatic rings. The van der Waals surface area contributed by atoms with Gasteiger partial charge in [-0.15, -0.1) is 11.3 Å². The van der Waals surface area contributed by atoms with E-state index >= 15 is 0 Å². The summed E-state index contributed by atoms with van der Waals surface area (Å²) in [6, 6.07) is 21.7. The summed E-state index contributed by atoms with van der Waals surface area (Å²) in [6.07, 6.45) is 3.52. The Balaban J connectivity index is 1.36. The minimum atomic E-state index is -1.09. The minimum absolute atomic E-state index is 0.0304. The predicted octanol–water partition coefficient (Wildman–Crippen LogP) is 6.58. The van der Waals surface area contributed by atoms with Crippen LogP contribution in [-0.2, 0) is 11.2 Å². The Kier molecular flexibility index (Phi) is 8.98. The molecule has 0 unspecified atom stereocenters. The van der Waals surface area contributed by atoms with Gasteiger partial charge >= 0.3 is 11.9 Å². The standard InChI is InChI=1S/C32H33NO6S/c34-30(35)8-5-18-39-28-14-11-23(21-27(28)32(36)37)31-26(25-6-1-2-7-29(25)40-31)20-22-9-12-24(13-10-22)38-19-17-33-15-3-4-16-33/h1-2,6-7,9-14,21H,3-5,8,15-20H2,(H,34,35)(H,36,37). The van der Waals surface area contributed by atoms with Crippen LogP contribution in [0.15, 0.2) is 66.7 Å². The number of fused-ring (bicyclic) bond motifs is 1. The number of benzene rings is 3. The van der Waals surface area contributed by atoms with E-state index in [9.17, 15) is 14.7 Å². The molecule has 3 aromatic carbocycles. The molecule has 2 N–H and O–H groups in total. The Morgan fingerprint density at radius 1 is 0.900 bits per heavy atom. The highest BCUT2D eigenvalue weighted by Gasteiger charge is 2.19. The summed E-state index contributed by atoms with van der Waals surface area (Å²) in [5, 5.41) is 19.9. The normalized spacial score (nSPS) is 13.5. The lowest BCUT2D eigenvalue weighted by Crippen LogP contribution is -2.25. The van der Waals surface area contributed by atoms with E-state index in [1.807, 2.05) is 30.3 Å². The lowest BCUT2D eigenvalue weighted by Gasteiger charge is -2.15. The predicted molar refractivity (Wildman–Crippen MR) is 157 cm³/mol. The van der Waals surface area contributed by atoms with Crippen LogP contribution in [0.1, 0.15) is 47.2 Å². The topological polar surface area (TPSA) is 96.3 Å². The molecule has 0 bridgehead atoms. The first kappa shape index (κ1) is 27.7. The van der Waals surface area contributed by atoms with Crippen LogP contribution < -0.4 is 9.47 Å². The number of ether oxygens (including phenoxy) is 2. The molecule has 8 heteroatoms. The number of carboxylic acid groups (broad SMARTS) is 2. The lowest BCUT2D eigenvalue weighted by atomic mass is 9.98. The molecule has 208 valence electrons. The van der Waals surface area contributed by atoms with Crippen molar-refractivity contribution in [3.63, 3.8) is 0 Å². The average Bonchev–Trinajstić information content (AvgIpc) is 3.60. The Morgan fingerprint density at radius 3 is 2.42 bits per heavy atom. The largest absolute Gasteiger partial charge is 0.493 e. The van der Waals surface area contributed by atoms with Gasteiger partial charge in [0, 0.05) is 22.5 Å². The van der Waals surface area contributed by atoms with Gasteiger partial charge in [-0.2, -0.15) is 0 Å². The Bertz CT molecular complexity index is 1470. The van der Waals surface area contributed by atoms with Crippen LogP contribution in [0.2, 0.25) is 0 Å². The van der Waals surface area contributed by atoms with Crippen LogP contribution >= 0.6 is 11.3 Å². The Morgan fingerprint density at radius 2 is 1.68 bits per heavy atom. The van der Waals surface area contributed by atoms with Gasteiger partial charge in [-0.25, -0.2) is 4.79 Å². The quantitative estimate of drug-likeness (QED) is 0.179. The van der Waals surface area contributed by atoms with Gasteiger partial charge < -0.3 is 19.7 Å². The van der Waals surface area contributed by atoms with E-state index in [1.165, 1.54) is 12.8 Å². The van der Waals surface area contributed by atoms with Crippen LogP contribution in [-0.4, -0.2) is 59.9 Å². The first-order valence-corrected chi connectivity index (χ1v) is 14.5. The minimum Gasteiger partial charge on any atom is -0.493 e. The van der Waals surface area contributed by atoms with Crippen LogP contribution in [0.3, 0.4) is 0 Å². The van der Waals surface area contributed by atoms with Crippen LogP contribution in [0, 0.1) is 0 Å². The number of rotatable bonds is 13. The van der Waals surface area contributed by atoms with Crippen molar-refractivity contribution < 1.29 is 29.3 Å². The highest BCUT2D eigenvalue weighted by molar-refractivity contribution is 7.22. The third kappa shape index (κ3) is 6.81. The van der Waals surface area contributed by atoms with Crippen molar-refractivity contribution in [1.82, 2.24) is 4.90 Å². The maximum absolute atomic E-state index is 12.1. The van der Waals surface area contributed by atoms with Gasteiger partial charge in [0.15, 0.2) is 0 Å². The highest BCUT2D eigenvalue weighted by atomic mass is 32.1. The van der Waals surface area contributed by atoms with E-state index in [2.05, 4.69) is 29.2 Å². The fraction of sp³-hybridized carbons (Fsp3) is 0.312. The molecule has 7 nitrogen and oxygen atoms in total. The molecule has 4 aromatic rings. The van der Waals surface area contributed by atoms with Crippen molar-refractivity contribution in [2.24, 2.45) is 0 Å². The molecule has 40 heavy (non-hydrogen) atoms. The summed E-state index contributed by atoms with van der Waals surface area (Å²) in [6.45, 7) is 4.10. The molecular formula is C32H33NO6S. The molecule has 1 fully saturated rings. The zero-order valence-corrected chi connectivity index (χ0v) is 23.1. The number of hydrogen-bond acceptors (Lipinski definition) is 6. The molecule has 0 aliphatic carbocycles. The molecular weight excluding hydrogens is 526 g/mol. The van der Waals surface area contributed by atoms with Gasteiger partial charge in [-0.3, -0.25) is 9.69 Å². The smallest absolute Gasteiger partial charge is 0.339 e. The van der Waals surface area contributed by atoms with Crippen LogP contribution in [0.4, 0.5) is 0 Å². The number of aliphatic carboxylic acids is 1.